The molecule has 0 aliphatic heterocycles. The molecule has 0 amide bonds. The summed E-state index contributed by atoms with van der Waals surface area (Å²) < 4.78 is 4.78. The number of esters is 1. The van der Waals surface area contributed by atoms with Crippen LogP contribution in [0.15, 0.2) is 30.5 Å². The zero-order valence-corrected chi connectivity index (χ0v) is 10.4. The fourth-order valence-corrected chi connectivity index (χ4v) is 2.13. The van der Waals surface area contributed by atoms with Gasteiger partial charge in [0.15, 0.2) is 0 Å². The number of aromatic nitrogens is 1. The molecule has 94 valence electrons. The number of aromatic amines is 1. The van der Waals surface area contributed by atoms with Gasteiger partial charge in [-0.2, -0.15) is 0 Å². The van der Waals surface area contributed by atoms with E-state index in [1.54, 1.807) is 6.20 Å². The number of fused-ring (bicyclic) bond motifs is 1. The average Bonchev–Trinajstić information content (AvgIpc) is 2.78. The number of para-hydroxylation sites is 1. The van der Waals surface area contributed by atoms with Gasteiger partial charge < -0.3 is 9.72 Å². The summed E-state index contributed by atoms with van der Waals surface area (Å²) in [6.07, 6.45) is 1.93. The van der Waals surface area contributed by atoms with Crippen molar-refractivity contribution in [3.05, 3.63) is 36.0 Å². The first-order valence-corrected chi connectivity index (χ1v) is 5.76. The van der Waals surface area contributed by atoms with Gasteiger partial charge in [-0.25, -0.2) is 0 Å². The Morgan fingerprint density at radius 2 is 2.06 bits per heavy atom. The van der Waals surface area contributed by atoms with Crippen LogP contribution in [0.4, 0.5) is 0 Å². The van der Waals surface area contributed by atoms with E-state index in [1.807, 2.05) is 24.3 Å². The van der Waals surface area contributed by atoms with E-state index in [0.717, 1.165) is 16.5 Å². The number of nitrogens with one attached hydrogen (secondary N) is 1. The number of benzene rings is 1. The molecule has 1 aromatic carbocycles. The zero-order valence-electron chi connectivity index (χ0n) is 10.4. The molecule has 0 fully saturated rings. The van der Waals surface area contributed by atoms with Crippen LogP contribution < -0.4 is 0 Å². The summed E-state index contributed by atoms with van der Waals surface area (Å²) >= 11 is 0. The molecule has 2 aromatic rings. The van der Waals surface area contributed by atoms with Crippen molar-refractivity contribution in [1.29, 1.82) is 0 Å². The minimum absolute atomic E-state index is 0.0318. The van der Waals surface area contributed by atoms with E-state index in [1.165, 1.54) is 14.0 Å². The molecule has 1 atom stereocenters. The number of rotatable bonds is 4. The number of carbonyl (C=O) groups is 2. The van der Waals surface area contributed by atoms with Crippen molar-refractivity contribution in [1.82, 2.24) is 4.98 Å². The maximum Gasteiger partial charge on any atom is 0.313 e. The Kier molecular flexibility index (Phi) is 3.46. The number of ketones is 1. The van der Waals surface area contributed by atoms with Crippen LogP contribution in [0.2, 0.25) is 0 Å². The molecule has 0 radical (unpaired) electrons. The molecule has 1 N–H and O–H groups in total. The maximum atomic E-state index is 11.8. The third-order valence-electron chi connectivity index (χ3n) is 2.97. The highest BCUT2D eigenvalue weighted by atomic mass is 16.5. The highest BCUT2D eigenvalue weighted by Crippen LogP contribution is 2.29. The minimum Gasteiger partial charge on any atom is -0.469 e. The van der Waals surface area contributed by atoms with Crippen LogP contribution >= 0.6 is 0 Å². The van der Waals surface area contributed by atoms with Crippen molar-refractivity contribution in [2.45, 2.75) is 19.3 Å². The van der Waals surface area contributed by atoms with Crippen molar-refractivity contribution in [2.75, 3.05) is 7.11 Å². The van der Waals surface area contributed by atoms with E-state index >= 15 is 0 Å². The van der Waals surface area contributed by atoms with Gasteiger partial charge in [0.2, 0.25) is 0 Å². The molecule has 0 bridgehead atoms. The second kappa shape index (κ2) is 5.04. The molecule has 2 rings (SSSR count). The fraction of sp³-hybridized carbons (Fsp3) is 0.286. The van der Waals surface area contributed by atoms with E-state index in [0.29, 0.717) is 0 Å². The number of methoxy groups -OCH3 is 1. The number of hydrogen-bond acceptors (Lipinski definition) is 3. The topological polar surface area (TPSA) is 59.2 Å². The molecule has 0 aliphatic carbocycles. The summed E-state index contributed by atoms with van der Waals surface area (Å²) in [5, 5.41) is 0.953. The van der Waals surface area contributed by atoms with Gasteiger partial charge >= 0.3 is 5.97 Å². The standard InChI is InChI=1S/C14H15NO3/c1-9(16)7-11(14(17)18-2)12-8-15-13-6-4-3-5-10(12)13/h3-6,8,11,15H,7H2,1-2H3/t11-/m1/s1. The van der Waals surface area contributed by atoms with Crippen LogP contribution in [-0.2, 0) is 14.3 Å². The first-order chi connectivity index (χ1) is 8.63. The zero-order chi connectivity index (χ0) is 13.1. The second-order valence-electron chi connectivity index (χ2n) is 4.27. The molecule has 0 spiro atoms. The largest absolute Gasteiger partial charge is 0.469 e. The van der Waals surface area contributed by atoms with Gasteiger partial charge in [0.25, 0.3) is 0 Å². The summed E-state index contributed by atoms with van der Waals surface area (Å²) in [6, 6.07) is 7.68. The first-order valence-electron chi connectivity index (χ1n) is 5.76. The third kappa shape index (κ3) is 2.27. The average molecular weight is 245 g/mol. The molecule has 4 heteroatoms. The molecule has 1 aromatic heterocycles. The number of carbonyl (C=O) groups excluding carboxylic acids is 2. The van der Waals surface area contributed by atoms with Crippen LogP contribution in [0.5, 0.6) is 0 Å². The predicted molar refractivity (Wildman–Crippen MR) is 68.4 cm³/mol. The summed E-state index contributed by atoms with van der Waals surface area (Å²) in [5.74, 6) is -0.950. The van der Waals surface area contributed by atoms with E-state index in [2.05, 4.69) is 4.98 Å². The maximum absolute atomic E-state index is 11.8. The van der Waals surface area contributed by atoms with E-state index in [4.69, 9.17) is 4.74 Å². The molecule has 1 heterocycles. The Balaban J connectivity index is 2.47. The number of Topliss-reactive ketones (excluding diaryl/α,β-unsaturated/α-hetero) is 1. The molecule has 0 saturated heterocycles. The van der Waals surface area contributed by atoms with Gasteiger partial charge in [-0.3, -0.25) is 9.59 Å². The Hall–Kier alpha value is -2.10. The van der Waals surface area contributed by atoms with Crippen LogP contribution in [0.1, 0.15) is 24.8 Å². The van der Waals surface area contributed by atoms with Crippen molar-refractivity contribution >= 4 is 22.7 Å². The molecular formula is C14H15NO3. The predicted octanol–water partition coefficient (Wildman–Crippen LogP) is 2.40. The van der Waals surface area contributed by atoms with Crippen molar-refractivity contribution in [3.8, 4) is 0 Å². The van der Waals surface area contributed by atoms with Gasteiger partial charge in [-0.15, -0.1) is 0 Å². The van der Waals surface area contributed by atoms with E-state index in [9.17, 15) is 9.59 Å². The molecule has 18 heavy (non-hydrogen) atoms. The quantitative estimate of drug-likeness (QED) is 0.841. The van der Waals surface area contributed by atoms with Crippen molar-refractivity contribution in [3.63, 3.8) is 0 Å². The van der Waals surface area contributed by atoms with Crippen molar-refractivity contribution in [2.24, 2.45) is 0 Å². The van der Waals surface area contributed by atoms with Gasteiger partial charge in [0.1, 0.15) is 5.78 Å². The van der Waals surface area contributed by atoms with Crippen LogP contribution in [0.3, 0.4) is 0 Å². The fourth-order valence-electron chi connectivity index (χ4n) is 2.13. The smallest absolute Gasteiger partial charge is 0.313 e. The number of hydrogen-bond donors (Lipinski definition) is 1. The summed E-state index contributed by atoms with van der Waals surface area (Å²) in [7, 11) is 1.34. The monoisotopic (exact) mass is 245 g/mol. The van der Waals surface area contributed by atoms with Gasteiger partial charge in [-0.1, -0.05) is 18.2 Å². The van der Waals surface area contributed by atoms with Gasteiger partial charge in [-0.05, 0) is 18.6 Å². The normalized spacial score (nSPS) is 12.3. The number of ether oxygens (including phenoxy) is 1. The van der Waals surface area contributed by atoms with Gasteiger partial charge in [0.05, 0.1) is 13.0 Å². The lowest BCUT2D eigenvalue weighted by Crippen LogP contribution is -2.16. The van der Waals surface area contributed by atoms with Crippen molar-refractivity contribution < 1.29 is 14.3 Å². The third-order valence-corrected chi connectivity index (χ3v) is 2.97. The lowest BCUT2D eigenvalue weighted by molar-refractivity contribution is -0.143. The highest BCUT2D eigenvalue weighted by Gasteiger charge is 2.25. The molecule has 0 saturated carbocycles. The SMILES string of the molecule is COC(=O)[C@H](CC(C)=O)c1c[nH]c2ccccc12. The molecular weight excluding hydrogens is 230 g/mol. The van der Waals surface area contributed by atoms with Crippen LogP contribution in [-0.4, -0.2) is 23.8 Å². The summed E-state index contributed by atoms with van der Waals surface area (Å²) in [4.78, 5) is 26.2. The van der Waals surface area contributed by atoms with E-state index < -0.39 is 5.92 Å². The lowest BCUT2D eigenvalue weighted by atomic mass is 9.94. The Labute approximate surface area is 105 Å². The van der Waals surface area contributed by atoms with Crippen LogP contribution in [0, 0.1) is 0 Å². The minimum atomic E-state index is -0.538. The Bertz CT molecular complexity index is 585. The first kappa shape index (κ1) is 12.4. The van der Waals surface area contributed by atoms with Gasteiger partial charge in [0, 0.05) is 23.5 Å². The highest BCUT2D eigenvalue weighted by molar-refractivity contribution is 5.93. The molecule has 0 aliphatic rings. The lowest BCUT2D eigenvalue weighted by Gasteiger charge is -2.12. The molecule has 0 unspecified atom stereocenters. The summed E-state index contributed by atoms with van der Waals surface area (Å²) in [5.41, 5.74) is 1.76. The van der Waals surface area contributed by atoms with E-state index in [-0.39, 0.29) is 18.2 Å². The molecule has 4 nitrogen and oxygen atoms in total. The second-order valence-corrected chi connectivity index (χ2v) is 4.27. The van der Waals surface area contributed by atoms with Crippen LogP contribution in [0.25, 0.3) is 10.9 Å². The number of H-pyrrole nitrogens is 1. The summed E-state index contributed by atoms with van der Waals surface area (Å²) in [6.45, 7) is 1.48. The Morgan fingerprint density at radius 3 is 2.72 bits per heavy atom. The Morgan fingerprint density at radius 1 is 1.33 bits per heavy atom.